The van der Waals surface area contributed by atoms with Crippen molar-refractivity contribution in [3.05, 3.63) is 24.0 Å². The molecule has 1 unspecified atom stereocenters. The van der Waals surface area contributed by atoms with E-state index in [2.05, 4.69) is 54.5 Å². The van der Waals surface area contributed by atoms with Crippen molar-refractivity contribution in [2.75, 3.05) is 0 Å². The lowest BCUT2D eigenvalue weighted by molar-refractivity contribution is -0.602. The van der Waals surface area contributed by atoms with Crippen LogP contribution in [0.4, 0.5) is 0 Å². The molecule has 1 aliphatic rings. The second-order valence-corrected chi connectivity index (χ2v) is 3.64. The maximum absolute atomic E-state index is 2.37. The molecule has 0 aromatic carbocycles. The Balaban J connectivity index is 2.41. The highest BCUT2D eigenvalue weighted by atomic mass is 15.3. The van der Waals surface area contributed by atoms with Gasteiger partial charge in [0.15, 0.2) is 6.21 Å². The van der Waals surface area contributed by atoms with Crippen molar-refractivity contribution in [1.82, 2.24) is 4.57 Å². The Hall–Kier alpha value is -1.05. The molecule has 0 amide bonds. The highest BCUT2D eigenvalue weighted by Gasteiger charge is 2.27. The summed E-state index contributed by atoms with van der Waals surface area (Å²) in [6.07, 6.45) is 4.85. The fraction of sp³-hybridized carbons (Fsp3) is 0.500. The number of rotatable bonds is 1. The van der Waals surface area contributed by atoms with E-state index in [0.29, 0.717) is 12.2 Å². The number of aromatic nitrogens is 1. The monoisotopic (exact) mass is 163 g/mol. The molecular formula is C10H15N2+. The van der Waals surface area contributed by atoms with Crippen LogP contribution in [0, 0.1) is 0 Å². The molecule has 64 valence electrons. The van der Waals surface area contributed by atoms with Gasteiger partial charge in [-0.1, -0.05) is 0 Å². The predicted octanol–water partition coefficient (Wildman–Crippen LogP) is 1.86. The third kappa shape index (κ3) is 0.909. The van der Waals surface area contributed by atoms with Crippen LogP contribution in [-0.2, 0) is 0 Å². The van der Waals surface area contributed by atoms with E-state index in [-0.39, 0.29) is 0 Å². The third-order valence-corrected chi connectivity index (χ3v) is 2.52. The molecule has 0 spiro atoms. The van der Waals surface area contributed by atoms with Crippen LogP contribution in [0.5, 0.6) is 0 Å². The van der Waals surface area contributed by atoms with Crippen molar-refractivity contribution in [2.24, 2.45) is 0 Å². The van der Waals surface area contributed by atoms with Gasteiger partial charge >= 0.3 is 0 Å². The lowest BCUT2D eigenvalue weighted by Gasteiger charge is -2.10. The normalized spacial score (nSPS) is 21.3. The van der Waals surface area contributed by atoms with E-state index in [1.165, 1.54) is 5.69 Å². The van der Waals surface area contributed by atoms with Crippen LogP contribution in [-0.4, -0.2) is 21.4 Å². The molecule has 2 heterocycles. The first-order valence-corrected chi connectivity index (χ1v) is 4.49. The average Bonchev–Trinajstić information content (AvgIpc) is 2.53. The zero-order valence-corrected chi connectivity index (χ0v) is 7.86. The van der Waals surface area contributed by atoms with E-state index in [1.54, 1.807) is 0 Å². The zero-order chi connectivity index (χ0) is 8.72. The molecule has 0 N–H and O–H groups in total. The van der Waals surface area contributed by atoms with Crippen molar-refractivity contribution in [3.8, 4) is 0 Å². The van der Waals surface area contributed by atoms with E-state index < -0.39 is 0 Å². The van der Waals surface area contributed by atoms with E-state index in [9.17, 15) is 0 Å². The van der Waals surface area contributed by atoms with Crippen LogP contribution < -0.4 is 0 Å². The van der Waals surface area contributed by atoms with Crippen LogP contribution >= 0.6 is 0 Å². The molecule has 0 bridgehead atoms. The summed E-state index contributed by atoms with van der Waals surface area (Å²) in [6.45, 7) is 6.67. The lowest BCUT2D eigenvalue weighted by atomic mass is 10.3. The highest BCUT2D eigenvalue weighted by Crippen LogP contribution is 2.19. The minimum absolute atomic E-state index is 0.481. The summed E-state index contributed by atoms with van der Waals surface area (Å²) in [5.74, 6) is 0. The smallest absolute Gasteiger partial charge is 0.229 e. The Morgan fingerprint density at radius 2 is 2.25 bits per heavy atom. The Labute approximate surface area is 73.1 Å². The molecule has 0 fully saturated rings. The zero-order valence-electron chi connectivity index (χ0n) is 7.86. The first-order chi connectivity index (χ1) is 5.70. The molecule has 1 aromatic rings. The Morgan fingerprint density at radius 1 is 1.50 bits per heavy atom. The van der Waals surface area contributed by atoms with Gasteiger partial charge in [0, 0.05) is 13.1 Å². The van der Waals surface area contributed by atoms with Gasteiger partial charge in [0.1, 0.15) is 11.7 Å². The number of hydrogen-bond acceptors (Lipinski definition) is 0. The maximum Gasteiger partial charge on any atom is 0.229 e. The fourth-order valence-corrected chi connectivity index (χ4v) is 1.84. The van der Waals surface area contributed by atoms with Crippen molar-refractivity contribution < 1.29 is 4.58 Å². The van der Waals surface area contributed by atoms with E-state index in [1.807, 2.05) is 0 Å². The SMILES string of the molecule is CC(C)[N+]1=Cc2cccn2C1C. The van der Waals surface area contributed by atoms with Crippen molar-refractivity contribution >= 4 is 6.21 Å². The molecule has 2 nitrogen and oxygen atoms in total. The van der Waals surface area contributed by atoms with Gasteiger partial charge in [-0.05, 0) is 26.0 Å². The van der Waals surface area contributed by atoms with Crippen LogP contribution in [0.15, 0.2) is 18.3 Å². The van der Waals surface area contributed by atoms with Crippen LogP contribution in [0.3, 0.4) is 0 Å². The fourth-order valence-electron chi connectivity index (χ4n) is 1.84. The Kier molecular flexibility index (Phi) is 1.56. The second kappa shape index (κ2) is 2.47. The van der Waals surface area contributed by atoms with Crippen LogP contribution in [0.1, 0.15) is 32.6 Å². The average molecular weight is 163 g/mol. The molecule has 2 rings (SSSR count). The number of hydrogen-bond donors (Lipinski definition) is 0. The van der Waals surface area contributed by atoms with Gasteiger partial charge in [-0.3, -0.25) is 4.57 Å². The summed E-state index contributed by atoms with van der Waals surface area (Å²) in [5, 5.41) is 0. The Bertz CT molecular complexity index is 320. The molecule has 1 aliphatic heterocycles. The van der Waals surface area contributed by atoms with Crippen LogP contribution in [0.2, 0.25) is 0 Å². The summed E-state index contributed by atoms with van der Waals surface area (Å²) >= 11 is 0. The molecule has 0 saturated carbocycles. The van der Waals surface area contributed by atoms with Gasteiger partial charge in [-0.25, -0.2) is 4.58 Å². The van der Waals surface area contributed by atoms with Gasteiger partial charge in [0.05, 0.1) is 0 Å². The molecule has 1 aromatic heterocycles. The summed E-state index contributed by atoms with van der Waals surface area (Å²) in [4.78, 5) is 0. The minimum atomic E-state index is 0.481. The summed E-state index contributed by atoms with van der Waals surface area (Å²) < 4.78 is 4.66. The minimum Gasteiger partial charge on any atom is -0.285 e. The van der Waals surface area contributed by atoms with Gasteiger partial charge in [0.25, 0.3) is 0 Å². The van der Waals surface area contributed by atoms with Gasteiger partial charge < -0.3 is 0 Å². The standard InChI is InChI=1S/C10H15N2/c1-8(2)12-7-10-5-4-6-11(10)9(12)3/h4-9H,1-3H3/q+1. The third-order valence-electron chi connectivity index (χ3n) is 2.52. The van der Waals surface area contributed by atoms with Gasteiger partial charge in [0.2, 0.25) is 6.17 Å². The molecule has 0 aliphatic carbocycles. The number of nitrogens with zero attached hydrogens (tertiary/aromatic N) is 2. The topological polar surface area (TPSA) is 7.94 Å². The van der Waals surface area contributed by atoms with E-state index >= 15 is 0 Å². The van der Waals surface area contributed by atoms with E-state index in [0.717, 1.165) is 0 Å². The van der Waals surface area contributed by atoms with Crippen molar-refractivity contribution in [2.45, 2.75) is 33.0 Å². The summed E-state index contributed by atoms with van der Waals surface area (Å²) in [5.41, 5.74) is 1.32. The lowest BCUT2D eigenvalue weighted by Crippen LogP contribution is -2.22. The largest absolute Gasteiger partial charge is 0.285 e. The maximum atomic E-state index is 2.37. The molecule has 2 heteroatoms. The van der Waals surface area contributed by atoms with Gasteiger partial charge in [-0.15, -0.1) is 0 Å². The molecule has 12 heavy (non-hydrogen) atoms. The van der Waals surface area contributed by atoms with E-state index in [4.69, 9.17) is 0 Å². The Morgan fingerprint density at radius 3 is 2.83 bits per heavy atom. The predicted molar refractivity (Wildman–Crippen MR) is 49.7 cm³/mol. The van der Waals surface area contributed by atoms with Crippen molar-refractivity contribution in [3.63, 3.8) is 0 Å². The summed E-state index contributed by atoms with van der Waals surface area (Å²) in [6, 6.07) is 4.83. The van der Waals surface area contributed by atoms with Gasteiger partial charge in [-0.2, -0.15) is 0 Å². The number of fused-ring (bicyclic) bond motifs is 1. The first-order valence-electron chi connectivity index (χ1n) is 4.49. The molecular weight excluding hydrogens is 148 g/mol. The second-order valence-electron chi connectivity index (χ2n) is 3.64. The molecule has 0 saturated heterocycles. The summed E-state index contributed by atoms with van der Waals surface area (Å²) in [7, 11) is 0. The van der Waals surface area contributed by atoms with Crippen LogP contribution in [0.25, 0.3) is 0 Å². The first kappa shape index (κ1) is 7.59. The van der Waals surface area contributed by atoms with Crippen molar-refractivity contribution in [1.29, 1.82) is 0 Å². The molecule has 0 radical (unpaired) electrons. The quantitative estimate of drug-likeness (QED) is 0.558. The highest BCUT2D eigenvalue weighted by molar-refractivity contribution is 5.74. The molecule has 1 atom stereocenters.